The zero-order chi connectivity index (χ0) is 25.9. The van der Waals surface area contributed by atoms with Crippen molar-refractivity contribution in [3.05, 3.63) is 47.3 Å². The number of benzene rings is 1. The fraction of sp³-hybridized carbons (Fsp3) is 0.444. The van der Waals surface area contributed by atoms with E-state index in [1.54, 1.807) is 9.80 Å². The van der Waals surface area contributed by atoms with Crippen molar-refractivity contribution in [1.29, 1.82) is 0 Å². The van der Waals surface area contributed by atoms with Crippen LogP contribution in [0.1, 0.15) is 42.5 Å². The summed E-state index contributed by atoms with van der Waals surface area (Å²) in [7, 11) is 0. The summed E-state index contributed by atoms with van der Waals surface area (Å²) in [5, 5.41) is 10.5. The minimum absolute atomic E-state index is 0.0202. The Morgan fingerprint density at radius 3 is 2.70 bits per heavy atom. The van der Waals surface area contributed by atoms with Gasteiger partial charge in [0.15, 0.2) is 5.75 Å². The molecule has 0 bridgehead atoms. The van der Waals surface area contributed by atoms with E-state index in [9.17, 15) is 14.7 Å². The van der Waals surface area contributed by atoms with Gasteiger partial charge in [0.2, 0.25) is 5.91 Å². The molecule has 1 saturated carbocycles. The zero-order valence-corrected chi connectivity index (χ0v) is 21.1. The predicted octanol–water partition coefficient (Wildman–Crippen LogP) is 4.00. The van der Waals surface area contributed by atoms with Gasteiger partial charge in [-0.15, -0.1) is 0 Å². The molecule has 1 N–H and O–H groups in total. The Balaban J connectivity index is 1.52. The van der Waals surface area contributed by atoms with Crippen LogP contribution >= 0.6 is 11.6 Å². The number of aromatic hydroxyl groups is 1. The van der Waals surface area contributed by atoms with Gasteiger partial charge < -0.3 is 24.5 Å². The van der Waals surface area contributed by atoms with E-state index in [4.69, 9.17) is 21.3 Å². The summed E-state index contributed by atoms with van der Waals surface area (Å²) >= 11 is 6.81. The highest BCUT2D eigenvalue weighted by molar-refractivity contribution is 6.35. The number of amides is 2. The van der Waals surface area contributed by atoms with Crippen molar-refractivity contribution in [3.63, 3.8) is 0 Å². The maximum Gasteiger partial charge on any atom is 0.261 e. The molecule has 3 fully saturated rings. The molecule has 37 heavy (non-hydrogen) atoms. The lowest BCUT2D eigenvalue weighted by atomic mass is 9.74. The lowest BCUT2D eigenvalue weighted by Gasteiger charge is -2.47. The number of aromatic nitrogens is 1. The van der Waals surface area contributed by atoms with Gasteiger partial charge in [-0.1, -0.05) is 24.2 Å². The maximum atomic E-state index is 15.0. The van der Waals surface area contributed by atoms with Gasteiger partial charge in [-0.05, 0) is 50.3 Å². The van der Waals surface area contributed by atoms with Gasteiger partial charge in [-0.25, -0.2) is 9.37 Å². The molecular weight excluding hydrogens is 499 g/mol. The number of hydrogen-bond donors (Lipinski definition) is 1. The second-order valence-corrected chi connectivity index (χ2v) is 10.6. The van der Waals surface area contributed by atoms with Crippen LogP contribution in [-0.4, -0.2) is 76.1 Å². The number of fused-ring (bicyclic) bond motifs is 2. The SMILES string of the molecule is C=CC(=O)N1CCN2C(=O)c3c(N4CCCC45CCC5)nc(-c4c(O)cccc4F)c(Cl)c3OC[C@H]2C1. The second kappa shape index (κ2) is 8.90. The molecule has 4 aliphatic rings. The number of ether oxygens (including phenoxy) is 1. The number of carbonyl (C=O) groups is 2. The van der Waals surface area contributed by atoms with Crippen LogP contribution in [0, 0.1) is 5.82 Å². The van der Waals surface area contributed by atoms with Crippen LogP contribution in [0.15, 0.2) is 30.9 Å². The van der Waals surface area contributed by atoms with Gasteiger partial charge in [0, 0.05) is 31.7 Å². The van der Waals surface area contributed by atoms with E-state index in [-0.39, 0.29) is 63.3 Å². The second-order valence-electron chi connectivity index (χ2n) is 10.2. The Hall–Kier alpha value is -3.33. The van der Waals surface area contributed by atoms with E-state index in [0.29, 0.717) is 32.0 Å². The monoisotopic (exact) mass is 526 g/mol. The molecule has 1 aliphatic carbocycles. The van der Waals surface area contributed by atoms with Gasteiger partial charge >= 0.3 is 0 Å². The molecule has 0 radical (unpaired) electrons. The number of pyridine rings is 1. The molecule has 2 aromatic rings. The third kappa shape index (κ3) is 3.66. The Morgan fingerprint density at radius 2 is 2.00 bits per heavy atom. The summed E-state index contributed by atoms with van der Waals surface area (Å²) in [6.07, 6.45) is 6.30. The van der Waals surface area contributed by atoms with Gasteiger partial charge in [-0.2, -0.15) is 0 Å². The summed E-state index contributed by atoms with van der Waals surface area (Å²) in [5.41, 5.74) is 0.0935. The number of phenolic OH excluding ortho intramolecular Hbond substituents is 1. The number of halogens is 2. The molecular formula is C27H28ClFN4O4. The summed E-state index contributed by atoms with van der Waals surface area (Å²) in [4.78, 5) is 36.7. The molecule has 194 valence electrons. The first kappa shape index (κ1) is 24.0. The number of rotatable bonds is 3. The van der Waals surface area contributed by atoms with Crippen molar-refractivity contribution in [1.82, 2.24) is 14.8 Å². The third-order valence-corrected chi connectivity index (χ3v) is 8.65. The number of anilines is 1. The zero-order valence-electron chi connectivity index (χ0n) is 20.4. The van der Waals surface area contributed by atoms with Crippen LogP contribution in [-0.2, 0) is 4.79 Å². The smallest absolute Gasteiger partial charge is 0.261 e. The first-order chi connectivity index (χ1) is 17.8. The molecule has 10 heteroatoms. The first-order valence-electron chi connectivity index (χ1n) is 12.7. The lowest BCUT2D eigenvalue weighted by molar-refractivity contribution is -0.128. The maximum absolute atomic E-state index is 15.0. The fourth-order valence-electron chi connectivity index (χ4n) is 6.26. The topological polar surface area (TPSA) is 86.2 Å². The van der Waals surface area contributed by atoms with Crippen molar-refractivity contribution in [2.75, 3.05) is 37.7 Å². The van der Waals surface area contributed by atoms with Crippen LogP contribution in [0.4, 0.5) is 10.2 Å². The lowest BCUT2D eigenvalue weighted by Crippen LogP contribution is -2.57. The Morgan fingerprint density at radius 1 is 1.22 bits per heavy atom. The van der Waals surface area contributed by atoms with Crippen LogP contribution in [0.5, 0.6) is 11.5 Å². The normalized spacial score (nSPS) is 22.2. The summed E-state index contributed by atoms with van der Waals surface area (Å²) in [5.74, 6) is -0.864. The first-order valence-corrected chi connectivity index (χ1v) is 13.1. The van der Waals surface area contributed by atoms with E-state index >= 15 is 4.39 Å². The molecule has 0 unspecified atom stereocenters. The highest BCUT2D eigenvalue weighted by Gasteiger charge is 2.49. The average Bonchev–Trinajstić information content (AvgIpc) is 3.27. The Kier molecular flexibility index (Phi) is 5.78. The fourth-order valence-corrected chi connectivity index (χ4v) is 6.54. The number of hydrogen-bond acceptors (Lipinski definition) is 6. The standard InChI is InChI=1S/C27H28ClFN4O4/c1-2-19(35)31-12-13-32-16(14-31)15-37-24-21(26(32)36)25(33-11-5-10-27(33)8-4-9-27)30-23(22(24)28)20-17(29)6-3-7-18(20)34/h2-3,6-7,16,34H,1,4-5,8-15H2/t16-/m1/s1. The van der Waals surface area contributed by atoms with Crippen molar-refractivity contribution in [3.8, 4) is 22.8 Å². The van der Waals surface area contributed by atoms with Crippen LogP contribution in [0.3, 0.4) is 0 Å². The van der Waals surface area contributed by atoms with Gasteiger partial charge in [0.25, 0.3) is 5.91 Å². The van der Waals surface area contributed by atoms with E-state index in [2.05, 4.69) is 11.5 Å². The largest absolute Gasteiger partial charge is 0.507 e. The van der Waals surface area contributed by atoms with Crippen LogP contribution in [0.25, 0.3) is 11.3 Å². The minimum atomic E-state index is -0.670. The van der Waals surface area contributed by atoms with Crippen molar-refractivity contribution >= 4 is 29.2 Å². The van der Waals surface area contributed by atoms with E-state index in [1.807, 2.05) is 0 Å². The van der Waals surface area contributed by atoms with E-state index in [0.717, 1.165) is 32.1 Å². The molecule has 1 atom stereocenters. The molecule has 6 rings (SSSR count). The number of carbonyl (C=O) groups excluding carboxylic acids is 2. The van der Waals surface area contributed by atoms with Crippen molar-refractivity contribution < 1.29 is 23.8 Å². The molecule has 1 spiro atoms. The van der Waals surface area contributed by atoms with E-state index < -0.39 is 5.82 Å². The summed E-state index contributed by atoms with van der Waals surface area (Å²) < 4.78 is 21.2. The predicted molar refractivity (Wildman–Crippen MR) is 137 cm³/mol. The highest BCUT2D eigenvalue weighted by Crippen LogP contribution is 2.52. The van der Waals surface area contributed by atoms with Gasteiger partial charge in [0.05, 0.1) is 11.6 Å². The Labute approximate surface area is 219 Å². The molecule has 3 aliphatic heterocycles. The van der Waals surface area contributed by atoms with Gasteiger partial charge in [0.1, 0.15) is 40.3 Å². The summed E-state index contributed by atoms with van der Waals surface area (Å²) in [6.45, 7) is 5.41. The quantitative estimate of drug-likeness (QED) is 0.608. The minimum Gasteiger partial charge on any atom is -0.507 e. The van der Waals surface area contributed by atoms with Gasteiger partial charge in [-0.3, -0.25) is 9.59 Å². The van der Waals surface area contributed by atoms with Crippen molar-refractivity contribution in [2.24, 2.45) is 0 Å². The molecule has 8 nitrogen and oxygen atoms in total. The molecule has 1 aromatic carbocycles. The average molecular weight is 527 g/mol. The van der Waals surface area contributed by atoms with Crippen LogP contribution < -0.4 is 9.64 Å². The van der Waals surface area contributed by atoms with E-state index in [1.165, 1.54) is 24.3 Å². The highest BCUT2D eigenvalue weighted by atomic mass is 35.5. The number of nitrogens with zero attached hydrogens (tertiary/aromatic N) is 4. The number of piperazine rings is 1. The molecule has 2 saturated heterocycles. The third-order valence-electron chi connectivity index (χ3n) is 8.30. The van der Waals surface area contributed by atoms with Crippen molar-refractivity contribution in [2.45, 2.75) is 43.7 Å². The van der Waals surface area contributed by atoms with Crippen LogP contribution in [0.2, 0.25) is 5.02 Å². The number of phenols is 1. The summed E-state index contributed by atoms with van der Waals surface area (Å²) in [6, 6.07) is 3.63. The Bertz CT molecular complexity index is 1290. The molecule has 1 aromatic heterocycles. The molecule has 4 heterocycles. The molecule has 2 amide bonds.